The summed E-state index contributed by atoms with van der Waals surface area (Å²) in [5, 5.41) is 3.79. The Morgan fingerprint density at radius 2 is 1.90 bits per heavy atom. The fourth-order valence-corrected chi connectivity index (χ4v) is 3.36. The van der Waals surface area contributed by atoms with Gasteiger partial charge in [0.2, 0.25) is 0 Å². The number of methoxy groups -OCH3 is 1. The molecule has 3 nitrogen and oxygen atoms in total. The topological polar surface area (TPSA) is 24.5 Å². The van der Waals surface area contributed by atoms with E-state index in [0.717, 1.165) is 18.2 Å². The summed E-state index contributed by atoms with van der Waals surface area (Å²) >= 11 is 0. The molecule has 0 bridgehead atoms. The van der Waals surface area contributed by atoms with E-state index in [1.54, 1.807) is 7.11 Å². The van der Waals surface area contributed by atoms with Crippen molar-refractivity contribution in [3.63, 3.8) is 0 Å². The minimum absolute atomic E-state index is 0.537. The number of likely N-dealkylation sites (tertiary alicyclic amines) is 1. The molecular weight excluding hydrogens is 260 g/mol. The minimum Gasteiger partial charge on any atom is -0.497 e. The number of nitrogens with one attached hydrogen (secondary N) is 1. The summed E-state index contributed by atoms with van der Waals surface area (Å²) in [5.41, 5.74) is 1.42. The van der Waals surface area contributed by atoms with Crippen molar-refractivity contribution in [1.82, 2.24) is 10.2 Å². The van der Waals surface area contributed by atoms with Crippen molar-refractivity contribution in [2.45, 2.75) is 38.1 Å². The van der Waals surface area contributed by atoms with E-state index in [1.165, 1.54) is 57.3 Å². The maximum absolute atomic E-state index is 5.25. The number of rotatable bonds is 8. The third-order valence-corrected chi connectivity index (χ3v) is 4.78. The lowest BCUT2D eigenvalue weighted by atomic mass is 10.0. The van der Waals surface area contributed by atoms with Crippen LogP contribution in [0.5, 0.6) is 5.75 Å². The van der Waals surface area contributed by atoms with Crippen molar-refractivity contribution in [2.24, 2.45) is 5.92 Å². The van der Waals surface area contributed by atoms with Gasteiger partial charge in [0.05, 0.1) is 7.11 Å². The summed E-state index contributed by atoms with van der Waals surface area (Å²) in [4.78, 5) is 2.60. The summed E-state index contributed by atoms with van der Waals surface area (Å²) in [6.07, 6.45) is 6.79. The molecule has 1 heterocycles. The van der Waals surface area contributed by atoms with Gasteiger partial charge < -0.3 is 15.0 Å². The lowest BCUT2D eigenvalue weighted by Gasteiger charge is -2.20. The van der Waals surface area contributed by atoms with Crippen molar-refractivity contribution in [3.05, 3.63) is 29.8 Å². The van der Waals surface area contributed by atoms with Gasteiger partial charge >= 0.3 is 0 Å². The molecule has 1 N–H and O–H groups in total. The van der Waals surface area contributed by atoms with Crippen LogP contribution in [-0.2, 0) is 0 Å². The minimum atomic E-state index is 0.537. The van der Waals surface area contributed by atoms with Gasteiger partial charge in [-0.15, -0.1) is 0 Å². The number of hydrogen-bond donors (Lipinski definition) is 1. The highest BCUT2D eigenvalue weighted by molar-refractivity contribution is 5.30. The normalized spacial score (nSPS) is 20.6. The van der Waals surface area contributed by atoms with E-state index >= 15 is 0 Å². The first-order valence-electron chi connectivity index (χ1n) is 8.46. The van der Waals surface area contributed by atoms with E-state index in [0.29, 0.717) is 6.04 Å². The summed E-state index contributed by atoms with van der Waals surface area (Å²) < 4.78 is 5.25. The van der Waals surface area contributed by atoms with Crippen LogP contribution in [0.1, 0.15) is 43.7 Å². The second-order valence-electron chi connectivity index (χ2n) is 6.44. The molecule has 0 radical (unpaired) electrons. The van der Waals surface area contributed by atoms with Gasteiger partial charge in [-0.1, -0.05) is 12.1 Å². The van der Waals surface area contributed by atoms with Crippen LogP contribution in [0.25, 0.3) is 0 Å². The van der Waals surface area contributed by atoms with Crippen LogP contribution in [0.3, 0.4) is 0 Å². The molecule has 21 heavy (non-hydrogen) atoms. The van der Waals surface area contributed by atoms with Crippen molar-refractivity contribution in [3.8, 4) is 5.75 Å². The molecule has 1 aromatic carbocycles. The average Bonchev–Trinajstić information content (AvgIpc) is 3.23. The molecule has 0 spiro atoms. The lowest BCUT2D eigenvalue weighted by Crippen LogP contribution is -2.28. The van der Waals surface area contributed by atoms with Crippen molar-refractivity contribution in [1.29, 1.82) is 0 Å². The zero-order chi connectivity index (χ0) is 14.5. The molecule has 1 aromatic rings. The largest absolute Gasteiger partial charge is 0.497 e. The molecule has 116 valence electrons. The fraction of sp³-hybridized carbons (Fsp3) is 0.667. The maximum Gasteiger partial charge on any atom is 0.118 e. The van der Waals surface area contributed by atoms with Gasteiger partial charge in [-0.3, -0.25) is 0 Å². The quantitative estimate of drug-likeness (QED) is 0.743. The maximum atomic E-state index is 5.25. The predicted octanol–water partition coefficient (Wildman–Crippen LogP) is 3.22. The van der Waals surface area contributed by atoms with Gasteiger partial charge in [0.25, 0.3) is 0 Å². The third kappa shape index (κ3) is 4.21. The zero-order valence-corrected chi connectivity index (χ0v) is 13.2. The SMILES string of the molecule is COc1ccc(C(NCCCN2CCCC2)C2CC2)cc1. The van der Waals surface area contributed by atoms with Crippen LogP contribution in [0.15, 0.2) is 24.3 Å². The Bertz CT molecular complexity index is 421. The van der Waals surface area contributed by atoms with Crippen LogP contribution in [0, 0.1) is 5.92 Å². The molecule has 1 saturated heterocycles. The zero-order valence-electron chi connectivity index (χ0n) is 13.2. The Hall–Kier alpha value is -1.06. The summed E-state index contributed by atoms with van der Waals surface area (Å²) in [5.74, 6) is 1.78. The van der Waals surface area contributed by atoms with E-state index in [1.807, 2.05) is 0 Å². The first-order valence-corrected chi connectivity index (χ1v) is 8.46. The van der Waals surface area contributed by atoms with Gasteiger partial charge in [-0.25, -0.2) is 0 Å². The van der Waals surface area contributed by atoms with Crippen LogP contribution >= 0.6 is 0 Å². The second-order valence-corrected chi connectivity index (χ2v) is 6.44. The van der Waals surface area contributed by atoms with Crippen molar-refractivity contribution in [2.75, 3.05) is 33.3 Å². The molecule has 1 saturated carbocycles. The number of nitrogens with zero attached hydrogens (tertiary/aromatic N) is 1. The predicted molar refractivity (Wildman–Crippen MR) is 86.8 cm³/mol. The van der Waals surface area contributed by atoms with Crippen molar-refractivity contribution < 1.29 is 4.74 Å². The molecule has 1 unspecified atom stereocenters. The van der Waals surface area contributed by atoms with E-state index in [9.17, 15) is 0 Å². The molecule has 3 heteroatoms. The first-order chi connectivity index (χ1) is 10.4. The Morgan fingerprint density at radius 3 is 2.52 bits per heavy atom. The van der Waals surface area contributed by atoms with Gasteiger partial charge in [0.1, 0.15) is 5.75 Å². The van der Waals surface area contributed by atoms with Crippen LogP contribution in [-0.4, -0.2) is 38.2 Å². The van der Waals surface area contributed by atoms with Gasteiger partial charge in [-0.2, -0.15) is 0 Å². The number of ether oxygens (including phenoxy) is 1. The second kappa shape index (κ2) is 7.28. The molecular formula is C18H28N2O. The average molecular weight is 288 g/mol. The highest BCUT2D eigenvalue weighted by atomic mass is 16.5. The van der Waals surface area contributed by atoms with Crippen LogP contribution in [0.4, 0.5) is 0 Å². The Morgan fingerprint density at radius 1 is 1.19 bits per heavy atom. The Labute approximate surface area is 128 Å². The van der Waals surface area contributed by atoms with Crippen LogP contribution < -0.4 is 10.1 Å². The van der Waals surface area contributed by atoms with E-state index < -0.39 is 0 Å². The monoisotopic (exact) mass is 288 g/mol. The Balaban J connectivity index is 1.47. The summed E-state index contributed by atoms with van der Waals surface area (Å²) in [7, 11) is 1.73. The molecule has 1 aliphatic carbocycles. The first kappa shape index (κ1) is 14.9. The molecule has 2 fully saturated rings. The fourth-order valence-electron chi connectivity index (χ4n) is 3.36. The molecule has 0 aromatic heterocycles. The third-order valence-electron chi connectivity index (χ3n) is 4.78. The van der Waals surface area contributed by atoms with Gasteiger partial charge in [0.15, 0.2) is 0 Å². The van der Waals surface area contributed by atoms with E-state index in [2.05, 4.69) is 34.5 Å². The molecule has 1 atom stereocenters. The van der Waals surface area contributed by atoms with Crippen molar-refractivity contribution >= 4 is 0 Å². The molecule has 2 aliphatic rings. The van der Waals surface area contributed by atoms with E-state index in [-0.39, 0.29) is 0 Å². The van der Waals surface area contributed by atoms with Gasteiger partial charge in [0, 0.05) is 6.04 Å². The Kier molecular flexibility index (Phi) is 5.15. The standard InChI is InChI=1S/C18H28N2O/c1-21-17-9-7-16(8-10-17)18(15-5-6-15)19-11-4-14-20-12-2-3-13-20/h7-10,15,18-19H,2-6,11-14H2,1H3. The highest BCUT2D eigenvalue weighted by Crippen LogP contribution is 2.41. The molecule has 3 rings (SSSR count). The summed E-state index contributed by atoms with van der Waals surface area (Å²) in [6.45, 7) is 5.01. The number of hydrogen-bond acceptors (Lipinski definition) is 3. The molecule has 0 amide bonds. The smallest absolute Gasteiger partial charge is 0.118 e. The highest BCUT2D eigenvalue weighted by Gasteiger charge is 2.31. The molecule has 1 aliphatic heterocycles. The van der Waals surface area contributed by atoms with Gasteiger partial charge in [-0.05, 0) is 81.9 Å². The van der Waals surface area contributed by atoms with Crippen LogP contribution in [0.2, 0.25) is 0 Å². The number of benzene rings is 1. The summed E-state index contributed by atoms with van der Waals surface area (Å²) in [6, 6.07) is 9.13. The lowest BCUT2D eigenvalue weighted by molar-refractivity contribution is 0.325. The van der Waals surface area contributed by atoms with E-state index in [4.69, 9.17) is 4.74 Å².